The zero-order valence-corrected chi connectivity index (χ0v) is 20.9. The highest BCUT2D eigenvalue weighted by Crippen LogP contribution is 2.49. The molecule has 6 atom stereocenters. The first-order valence-electron chi connectivity index (χ1n) is 13.9. The zero-order valence-electron chi connectivity index (χ0n) is 20.9. The van der Waals surface area contributed by atoms with Gasteiger partial charge in [0.15, 0.2) is 5.82 Å². The van der Waals surface area contributed by atoms with Crippen LogP contribution in [0.5, 0.6) is 5.88 Å². The van der Waals surface area contributed by atoms with Crippen molar-refractivity contribution in [3.8, 4) is 17.4 Å². The lowest BCUT2D eigenvalue weighted by atomic mass is 9.67. The third-order valence-corrected chi connectivity index (χ3v) is 9.65. The molecule has 4 bridgehead atoms. The van der Waals surface area contributed by atoms with E-state index in [1.165, 1.54) is 76.1 Å². The SMILES string of the molecule is COc1cnc(-c2nc3ccccc3n2C2C[C@H]3CCC[C@@H](C2)N3C2CCC3CCC[C@@H]2C3)cn1. The van der Waals surface area contributed by atoms with E-state index in [-0.39, 0.29) is 0 Å². The maximum absolute atomic E-state index is 5.25. The van der Waals surface area contributed by atoms with Crippen molar-refractivity contribution in [2.45, 2.75) is 94.8 Å². The van der Waals surface area contributed by atoms with Crippen LogP contribution in [-0.2, 0) is 0 Å². The van der Waals surface area contributed by atoms with E-state index in [9.17, 15) is 0 Å². The molecule has 4 heterocycles. The molecule has 2 aromatic heterocycles. The summed E-state index contributed by atoms with van der Waals surface area (Å²) < 4.78 is 7.76. The van der Waals surface area contributed by atoms with Gasteiger partial charge in [-0.3, -0.25) is 4.90 Å². The van der Waals surface area contributed by atoms with Gasteiger partial charge >= 0.3 is 0 Å². The first-order valence-corrected chi connectivity index (χ1v) is 13.9. The summed E-state index contributed by atoms with van der Waals surface area (Å²) in [5.74, 6) is 3.46. The van der Waals surface area contributed by atoms with Gasteiger partial charge in [-0.15, -0.1) is 0 Å². The Balaban J connectivity index is 1.23. The second kappa shape index (κ2) is 8.88. The maximum Gasteiger partial charge on any atom is 0.232 e. The second-order valence-corrected chi connectivity index (χ2v) is 11.5. The van der Waals surface area contributed by atoms with Gasteiger partial charge in [0.25, 0.3) is 0 Å². The Labute approximate surface area is 208 Å². The van der Waals surface area contributed by atoms with E-state index >= 15 is 0 Å². The number of para-hydroxylation sites is 2. The van der Waals surface area contributed by atoms with Gasteiger partial charge in [-0.1, -0.05) is 31.4 Å². The molecule has 1 aromatic carbocycles. The summed E-state index contributed by atoms with van der Waals surface area (Å²) in [5.41, 5.74) is 3.10. The minimum Gasteiger partial charge on any atom is -0.480 e. The number of nitrogens with zero attached hydrogens (tertiary/aromatic N) is 5. The number of benzene rings is 1. The molecule has 2 saturated carbocycles. The molecule has 35 heavy (non-hydrogen) atoms. The summed E-state index contributed by atoms with van der Waals surface area (Å²) in [6, 6.07) is 11.3. The molecule has 2 aliphatic heterocycles. The molecule has 6 heteroatoms. The van der Waals surface area contributed by atoms with E-state index in [1.54, 1.807) is 13.3 Å². The molecule has 3 unspecified atom stereocenters. The predicted molar refractivity (Wildman–Crippen MR) is 137 cm³/mol. The van der Waals surface area contributed by atoms with Crippen molar-refractivity contribution in [1.29, 1.82) is 0 Å². The van der Waals surface area contributed by atoms with E-state index < -0.39 is 0 Å². The summed E-state index contributed by atoms with van der Waals surface area (Å²) in [6.45, 7) is 0. The molecule has 2 aliphatic carbocycles. The maximum atomic E-state index is 5.25. The van der Waals surface area contributed by atoms with Crippen LogP contribution in [0, 0.1) is 11.8 Å². The lowest BCUT2D eigenvalue weighted by molar-refractivity contribution is -0.0608. The lowest BCUT2D eigenvalue weighted by Gasteiger charge is -2.56. The molecule has 0 amide bonds. The summed E-state index contributed by atoms with van der Waals surface area (Å²) in [7, 11) is 1.63. The Morgan fingerprint density at radius 2 is 1.66 bits per heavy atom. The summed E-state index contributed by atoms with van der Waals surface area (Å²) in [4.78, 5) is 17.2. The van der Waals surface area contributed by atoms with Crippen LogP contribution in [0.1, 0.15) is 76.7 Å². The van der Waals surface area contributed by atoms with Crippen molar-refractivity contribution < 1.29 is 4.74 Å². The lowest BCUT2D eigenvalue weighted by Crippen LogP contribution is -2.59. The Morgan fingerprint density at radius 3 is 2.46 bits per heavy atom. The van der Waals surface area contributed by atoms with E-state index in [0.717, 1.165) is 34.9 Å². The molecule has 7 rings (SSSR count). The standard InChI is InChI=1S/C29H37N5O/c1-35-28-18-30-25(17-31-28)29-32-24-10-2-3-11-27(24)34(29)23-15-21-8-5-9-22(16-23)33(21)26-13-12-19-6-4-7-20(26)14-19/h2-3,10-11,17-23,26H,4-9,12-16H2,1H3/t19?,20-,21-,22+,23?,26?/m1/s1. The van der Waals surface area contributed by atoms with E-state index in [4.69, 9.17) is 9.72 Å². The summed E-state index contributed by atoms with van der Waals surface area (Å²) >= 11 is 0. The molecule has 0 spiro atoms. The summed E-state index contributed by atoms with van der Waals surface area (Å²) in [5, 5.41) is 0. The molecule has 0 radical (unpaired) electrons. The van der Waals surface area contributed by atoms with E-state index in [0.29, 0.717) is 24.0 Å². The summed E-state index contributed by atoms with van der Waals surface area (Å²) in [6.07, 6.45) is 18.9. The van der Waals surface area contributed by atoms with Crippen molar-refractivity contribution in [1.82, 2.24) is 24.4 Å². The van der Waals surface area contributed by atoms with E-state index in [1.807, 2.05) is 6.20 Å². The zero-order chi connectivity index (χ0) is 23.4. The van der Waals surface area contributed by atoms with Crippen molar-refractivity contribution in [3.05, 3.63) is 36.7 Å². The highest BCUT2D eigenvalue weighted by atomic mass is 16.5. The Morgan fingerprint density at radius 1 is 0.829 bits per heavy atom. The van der Waals surface area contributed by atoms with Crippen LogP contribution in [0.15, 0.2) is 36.7 Å². The number of aromatic nitrogens is 4. The molecule has 6 nitrogen and oxygen atoms in total. The van der Waals surface area contributed by atoms with Gasteiger partial charge < -0.3 is 9.30 Å². The quantitative estimate of drug-likeness (QED) is 0.465. The van der Waals surface area contributed by atoms with Crippen LogP contribution >= 0.6 is 0 Å². The fraction of sp³-hybridized carbons (Fsp3) is 0.621. The van der Waals surface area contributed by atoms with Crippen molar-refractivity contribution >= 4 is 11.0 Å². The predicted octanol–water partition coefficient (Wildman–Crippen LogP) is 6.03. The molecule has 4 aliphatic rings. The Bertz CT molecular complexity index is 1180. The smallest absolute Gasteiger partial charge is 0.232 e. The second-order valence-electron chi connectivity index (χ2n) is 11.5. The number of hydrogen-bond donors (Lipinski definition) is 0. The van der Waals surface area contributed by atoms with Crippen molar-refractivity contribution in [3.63, 3.8) is 0 Å². The van der Waals surface area contributed by atoms with Crippen LogP contribution in [0.4, 0.5) is 0 Å². The average Bonchev–Trinajstić information content (AvgIpc) is 3.28. The van der Waals surface area contributed by atoms with E-state index in [2.05, 4.69) is 43.7 Å². The van der Waals surface area contributed by atoms with Gasteiger partial charge in [-0.2, -0.15) is 0 Å². The Kier molecular flexibility index (Phi) is 5.53. The number of methoxy groups -OCH3 is 1. The Hall–Kier alpha value is -2.47. The topological polar surface area (TPSA) is 56.1 Å². The highest BCUT2D eigenvalue weighted by molar-refractivity contribution is 5.80. The van der Waals surface area contributed by atoms with Crippen LogP contribution in [0.3, 0.4) is 0 Å². The number of ether oxygens (including phenoxy) is 1. The first kappa shape index (κ1) is 21.8. The molecular formula is C29H37N5O. The molecule has 0 N–H and O–H groups in total. The molecular weight excluding hydrogens is 434 g/mol. The van der Waals surface area contributed by atoms with Gasteiger partial charge in [0.2, 0.25) is 5.88 Å². The highest BCUT2D eigenvalue weighted by Gasteiger charge is 2.46. The van der Waals surface area contributed by atoms with Gasteiger partial charge in [-0.05, 0) is 75.3 Å². The largest absolute Gasteiger partial charge is 0.480 e. The molecule has 4 fully saturated rings. The third kappa shape index (κ3) is 3.76. The number of piperidine rings is 2. The number of imidazole rings is 1. The molecule has 184 valence electrons. The van der Waals surface area contributed by atoms with Crippen LogP contribution in [0.2, 0.25) is 0 Å². The molecule has 3 aromatic rings. The first-order chi connectivity index (χ1) is 17.3. The monoisotopic (exact) mass is 471 g/mol. The number of hydrogen-bond acceptors (Lipinski definition) is 5. The van der Waals surface area contributed by atoms with Crippen LogP contribution < -0.4 is 4.74 Å². The fourth-order valence-electron chi connectivity index (χ4n) is 8.25. The van der Waals surface area contributed by atoms with Gasteiger partial charge in [-0.25, -0.2) is 15.0 Å². The van der Waals surface area contributed by atoms with Crippen LogP contribution in [0.25, 0.3) is 22.6 Å². The van der Waals surface area contributed by atoms with Gasteiger partial charge in [0.05, 0.1) is 30.5 Å². The minimum atomic E-state index is 0.454. The normalized spacial score (nSPS) is 33.1. The third-order valence-electron chi connectivity index (χ3n) is 9.65. The number of fused-ring (bicyclic) bond motifs is 5. The van der Waals surface area contributed by atoms with Gasteiger partial charge in [0, 0.05) is 24.2 Å². The van der Waals surface area contributed by atoms with Crippen LogP contribution in [-0.4, -0.2) is 49.7 Å². The minimum absolute atomic E-state index is 0.454. The average molecular weight is 472 g/mol. The number of rotatable bonds is 4. The fourth-order valence-corrected chi connectivity index (χ4v) is 8.25. The van der Waals surface area contributed by atoms with Crippen molar-refractivity contribution in [2.24, 2.45) is 11.8 Å². The van der Waals surface area contributed by atoms with Gasteiger partial charge in [0.1, 0.15) is 5.69 Å². The van der Waals surface area contributed by atoms with Crippen molar-refractivity contribution in [2.75, 3.05) is 7.11 Å². The molecule has 2 saturated heterocycles.